The highest BCUT2D eigenvalue weighted by molar-refractivity contribution is 6.24. The van der Waals surface area contributed by atoms with Gasteiger partial charge < -0.3 is 64.9 Å². The Morgan fingerprint density at radius 3 is 2.12 bits per heavy atom. The first-order valence-electron chi connectivity index (χ1n) is 15.0. The van der Waals surface area contributed by atoms with E-state index in [-0.39, 0.29) is 51.1 Å². The van der Waals surface area contributed by atoms with Gasteiger partial charge in [0.25, 0.3) is 0 Å². The van der Waals surface area contributed by atoms with Crippen LogP contribution in [0, 0.1) is 13.8 Å². The summed E-state index contributed by atoms with van der Waals surface area (Å²) >= 11 is 0. The molecule has 0 radical (unpaired) electrons. The lowest BCUT2D eigenvalue weighted by atomic mass is 9.84. The number of aryl methyl sites for hydroxylation is 2. The van der Waals surface area contributed by atoms with Crippen molar-refractivity contribution in [3.8, 4) is 34.1 Å². The molecule has 9 N–H and O–H groups in total. The number of hydrogen-bond donors (Lipinski definition) is 9. The van der Waals surface area contributed by atoms with E-state index in [1.54, 1.807) is 13.8 Å². The van der Waals surface area contributed by atoms with Crippen molar-refractivity contribution in [3.63, 3.8) is 0 Å². The highest BCUT2D eigenvalue weighted by Crippen LogP contribution is 2.50. The first kappa shape index (κ1) is 33.7. The van der Waals surface area contributed by atoms with Crippen LogP contribution in [-0.4, -0.2) is 126 Å². The summed E-state index contributed by atoms with van der Waals surface area (Å²) in [5.41, 5.74) is 0.843. The zero-order chi connectivity index (χ0) is 34.8. The van der Waals surface area contributed by atoms with E-state index in [1.165, 1.54) is 24.3 Å². The predicted octanol–water partition coefficient (Wildman–Crippen LogP) is -0.182. The Hall–Kier alpha value is -4.16. The summed E-state index contributed by atoms with van der Waals surface area (Å²) in [5, 5.41) is 95.2. The second-order valence-electron chi connectivity index (χ2n) is 12.0. The Labute approximate surface area is 272 Å². The normalized spacial score (nSPS) is 30.5. The molecule has 0 aromatic heterocycles. The van der Waals surface area contributed by atoms with E-state index < -0.39 is 85.0 Å². The first-order valence-corrected chi connectivity index (χ1v) is 15.0. The highest BCUT2D eigenvalue weighted by Gasteiger charge is 2.46. The van der Waals surface area contributed by atoms with Crippen molar-refractivity contribution in [2.75, 3.05) is 13.2 Å². The Kier molecular flexibility index (Phi) is 8.93. The molecule has 2 fully saturated rings. The van der Waals surface area contributed by atoms with Crippen LogP contribution in [0.5, 0.6) is 23.0 Å². The van der Waals surface area contributed by atoms with Gasteiger partial charge in [-0.1, -0.05) is 0 Å². The number of benzene rings is 3. The molecule has 3 aromatic carbocycles. The van der Waals surface area contributed by atoms with Crippen molar-refractivity contribution in [3.05, 3.63) is 58.7 Å². The minimum absolute atomic E-state index is 0.0104. The monoisotopic (exact) mass is 670 g/mol. The zero-order valence-electron chi connectivity index (χ0n) is 25.5. The number of carbonyl (C=O) groups excluding carboxylic acids is 2. The molecular weight excluding hydrogens is 636 g/mol. The number of phenols is 3. The number of rotatable bonds is 6. The van der Waals surface area contributed by atoms with Gasteiger partial charge in [0.05, 0.1) is 24.2 Å². The smallest absolute Gasteiger partial charge is 0.229 e. The van der Waals surface area contributed by atoms with Gasteiger partial charge in [-0.25, -0.2) is 0 Å². The van der Waals surface area contributed by atoms with Crippen molar-refractivity contribution < 1.29 is 74.5 Å². The second kappa shape index (κ2) is 12.7. The van der Waals surface area contributed by atoms with E-state index in [2.05, 4.69) is 0 Å². The molecular formula is C33H34O15. The minimum Gasteiger partial charge on any atom is -0.507 e. The third-order valence-electron chi connectivity index (χ3n) is 8.84. The molecule has 48 heavy (non-hydrogen) atoms. The lowest BCUT2D eigenvalue weighted by Gasteiger charge is -2.41. The maximum Gasteiger partial charge on any atom is 0.229 e. The SMILES string of the molecule is Cc1cc2c(c(O)c1-c1c(C)cc(O)c3c(O[C@@H]4O[C@H](CO[C@@H]5OC[C@@H](O)[C@H](O)[C@H]5O)[C@@H](O)[C@H](O)[C@H]4O)ccc(O)c13)C(=O)C=CC2=O. The maximum atomic E-state index is 12.7. The van der Waals surface area contributed by atoms with Crippen molar-refractivity contribution in [2.45, 2.75) is 69.2 Å². The third-order valence-corrected chi connectivity index (χ3v) is 8.84. The number of allylic oxidation sites excluding steroid dienone is 2. The number of aliphatic hydroxyl groups is 6. The van der Waals surface area contributed by atoms with Crippen molar-refractivity contribution >= 4 is 22.3 Å². The molecule has 6 rings (SSSR count). The number of ether oxygens (including phenoxy) is 4. The first-order chi connectivity index (χ1) is 22.7. The van der Waals surface area contributed by atoms with E-state index in [0.717, 1.165) is 12.2 Å². The summed E-state index contributed by atoms with van der Waals surface area (Å²) < 4.78 is 22.3. The van der Waals surface area contributed by atoms with Gasteiger partial charge in [0, 0.05) is 22.1 Å². The Bertz CT molecular complexity index is 1820. The molecule has 256 valence electrons. The molecule has 3 aliphatic rings. The zero-order valence-corrected chi connectivity index (χ0v) is 25.5. The minimum atomic E-state index is -1.84. The van der Waals surface area contributed by atoms with E-state index >= 15 is 0 Å². The maximum absolute atomic E-state index is 12.7. The van der Waals surface area contributed by atoms with Crippen LogP contribution in [0.3, 0.4) is 0 Å². The van der Waals surface area contributed by atoms with Gasteiger partial charge in [0.2, 0.25) is 6.29 Å². The van der Waals surface area contributed by atoms with Gasteiger partial charge in [-0.3, -0.25) is 9.59 Å². The van der Waals surface area contributed by atoms with E-state index in [9.17, 15) is 55.5 Å². The molecule has 9 atom stereocenters. The van der Waals surface area contributed by atoms with Crippen LogP contribution < -0.4 is 4.74 Å². The summed E-state index contributed by atoms with van der Waals surface area (Å²) in [6, 6.07) is 5.24. The van der Waals surface area contributed by atoms with Crippen molar-refractivity contribution in [1.82, 2.24) is 0 Å². The molecule has 0 unspecified atom stereocenters. The van der Waals surface area contributed by atoms with E-state index in [1.807, 2.05) is 0 Å². The standard InChI is InChI=1S/C33H34O15/c1-11-7-13-14(34)3-4-15(35)23(13)28(41)22(11)21-12(2)8-17(37)24-19(6-5-16(36)25(21)24)47-33-31(44)29(42)27(40)20(48-33)10-46-32-30(43)26(39)18(38)9-45-32/h3-8,18,20,26-27,29-33,36-44H,9-10H2,1-2H3/t18-,20-,26+,27-,29+,30-,31-,32+,33-/m1/s1. The lowest BCUT2D eigenvalue weighted by Crippen LogP contribution is -2.61. The van der Waals surface area contributed by atoms with Crippen LogP contribution >= 0.6 is 0 Å². The summed E-state index contributed by atoms with van der Waals surface area (Å²) in [5.74, 6) is -2.50. The van der Waals surface area contributed by atoms with E-state index in [0.29, 0.717) is 11.1 Å². The van der Waals surface area contributed by atoms with Gasteiger partial charge in [-0.2, -0.15) is 0 Å². The fraction of sp³-hybridized carbons (Fsp3) is 0.394. The molecule has 3 aromatic rings. The number of hydrogen-bond acceptors (Lipinski definition) is 15. The van der Waals surface area contributed by atoms with Crippen LogP contribution in [0.25, 0.3) is 21.9 Å². The topological polar surface area (TPSA) is 253 Å². The highest BCUT2D eigenvalue weighted by atomic mass is 16.7. The van der Waals surface area contributed by atoms with Crippen LogP contribution in [0.1, 0.15) is 31.8 Å². The quantitative estimate of drug-likeness (QED) is 0.165. The number of aromatic hydroxyl groups is 3. The molecule has 0 bridgehead atoms. The molecule has 15 heteroatoms. The molecule has 0 amide bonds. The van der Waals surface area contributed by atoms with Gasteiger partial charge in [0.15, 0.2) is 17.9 Å². The number of phenolic OH excluding ortho intramolecular Hbond substituents is 3. The summed E-state index contributed by atoms with van der Waals surface area (Å²) in [4.78, 5) is 25.2. The fourth-order valence-corrected chi connectivity index (χ4v) is 6.32. The average molecular weight is 671 g/mol. The van der Waals surface area contributed by atoms with E-state index in [4.69, 9.17) is 18.9 Å². The third kappa shape index (κ3) is 5.58. The second-order valence-corrected chi connectivity index (χ2v) is 12.0. The van der Waals surface area contributed by atoms with Gasteiger partial charge in [0.1, 0.15) is 65.7 Å². The Balaban J connectivity index is 1.37. The molecule has 15 nitrogen and oxygen atoms in total. The summed E-state index contributed by atoms with van der Waals surface area (Å²) in [7, 11) is 0. The van der Waals surface area contributed by atoms with Gasteiger partial charge >= 0.3 is 0 Å². The molecule has 0 saturated carbocycles. The molecule has 2 aliphatic heterocycles. The summed E-state index contributed by atoms with van der Waals surface area (Å²) in [6.45, 7) is 2.31. The van der Waals surface area contributed by atoms with Gasteiger partial charge in [-0.15, -0.1) is 0 Å². The van der Waals surface area contributed by atoms with Crippen molar-refractivity contribution in [2.24, 2.45) is 0 Å². The molecule has 2 heterocycles. The number of aliphatic hydroxyl groups excluding tert-OH is 6. The lowest BCUT2D eigenvalue weighted by molar-refractivity contribution is -0.307. The van der Waals surface area contributed by atoms with Crippen LogP contribution in [-0.2, 0) is 14.2 Å². The van der Waals surface area contributed by atoms with Crippen LogP contribution in [0.15, 0.2) is 36.4 Å². The summed E-state index contributed by atoms with van der Waals surface area (Å²) in [6.07, 6.45) is -12.3. The number of fused-ring (bicyclic) bond motifs is 2. The molecule has 2 saturated heterocycles. The number of carbonyl (C=O) groups is 2. The van der Waals surface area contributed by atoms with Crippen LogP contribution in [0.2, 0.25) is 0 Å². The van der Waals surface area contributed by atoms with Crippen molar-refractivity contribution in [1.29, 1.82) is 0 Å². The van der Waals surface area contributed by atoms with Crippen LogP contribution in [0.4, 0.5) is 0 Å². The fourth-order valence-electron chi connectivity index (χ4n) is 6.32. The molecule has 1 aliphatic carbocycles. The average Bonchev–Trinajstić information content (AvgIpc) is 3.04. The Morgan fingerprint density at radius 2 is 1.40 bits per heavy atom. The Morgan fingerprint density at radius 1 is 0.729 bits per heavy atom. The predicted molar refractivity (Wildman–Crippen MR) is 163 cm³/mol. The largest absolute Gasteiger partial charge is 0.507 e. The molecule has 0 spiro atoms. The van der Waals surface area contributed by atoms with Gasteiger partial charge in [-0.05, 0) is 61.4 Å². The number of ketones is 2.